The van der Waals surface area contributed by atoms with Crippen LogP contribution in [0.25, 0.3) is 0 Å². The number of hydrogen-bond acceptors (Lipinski definition) is 1. The Balaban J connectivity index is 1.98. The molecule has 1 rings (SSSR count). The van der Waals surface area contributed by atoms with Gasteiger partial charge in [0.05, 0.1) is 0 Å². The average molecular weight is 151 g/mol. The molecule has 1 saturated carbocycles. The van der Waals surface area contributed by atoms with Crippen LogP contribution in [-0.4, -0.2) is 6.04 Å². The summed E-state index contributed by atoms with van der Waals surface area (Å²) in [5.74, 6) is 6.89. The highest BCUT2D eigenvalue weighted by Gasteiger charge is 2.23. The van der Waals surface area contributed by atoms with Gasteiger partial charge in [0, 0.05) is 12.5 Å². The van der Waals surface area contributed by atoms with E-state index in [2.05, 4.69) is 11.8 Å². The highest BCUT2D eigenvalue weighted by molar-refractivity contribution is 4.95. The van der Waals surface area contributed by atoms with E-state index in [1.807, 2.05) is 6.92 Å². The lowest BCUT2D eigenvalue weighted by Crippen LogP contribution is -2.19. The second kappa shape index (κ2) is 4.41. The van der Waals surface area contributed by atoms with E-state index < -0.39 is 0 Å². The van der Waals surface area contributed by atoms with Crippen molar-refractivity contribution in [2.75, 3.05) is 0 Å². The molecule has 0 amide bonds. The summed E-state index contributed by atoms with van der Waals surface area (Å²) in [6, 6.07) is 0.406. The van der Waals surface area contributed by atoms with Crippen molar-refractivity contribution in [3.05, 3.63) is 0 Å². The summed E-state index contributed by atoms with van der Waals surface area (Å²) in [5.41, 5.74) is 5.89. The molecule has 0 saturated heterocycles. The Morgan fingerprint density at radius 3 is 2.82 bits per heavy atom. The quantitative estimate of drug-likeness (QED) is 0.610. The van der Waals surface area contributed by atoms with Crippen LogP contribution >= 0.6 is 0 Å². The van der Waals surface area contributed by atoms with Crippen molar-refractivity contribution in [3.63, 3.8) is 0 Å². The zero-order chi connectivity index (χ0) is 8.10. The molecule has 1 aliphatic carbocycles. The molecular formula is C10H17N. The lowest BCUT2D eigenvalue weighted by molar-refractivity contribution is 0.541. The lowest BCUT2D eigenvalue weighted by Gasteiger charge is -2.07. The molecule has 62 valence electrons. The monoisotopic (exact) mass is 151 g/mol. The van der Waals surface area contributed by atoms with Crippen LogP contribution in [0, 0.1) is 17.8 Å². The van der Waals surface area contributed by atoms with Gasteiger partial charge in [0.2, 0.25) is 0 Å². The van der Waals surface area contributed by atoms with Gasteiger partial charge < -0.3 is 5.73 Å². The molecule has 11 heavy (non-hydrogen) atoms. The van der Waals surface area contributed by atoms with Gasteiger partial charge in [-0.05, 0) is 25.7 Å². The minimum Gasteiger partial charge on any atom is -0.328 e. The van der Waals surface area contributed by atoms with Gasteiger partial charge in [0.1, 0.15) is 0 Å². The maximum Gasteiger partial charge on any atom is 0.0103 e. The average Bonchev–Trinajstić information content (AvgIpc) is 2.72. The third-order valence-corrected chi connectivity index (χ3v) is 2.15. The molecule has 2 N–H and O–H groups in total. The zero-order valence-electron chi connectivity index (χ0n) is 7.27. The van der Waals surface area contributed by atoms with Crippen LogP contribution in [0.15, 0.2) is 0 Å². The van der Waals surface area contributed by atoms with E-state index in [4.69, 9.17) is 5.73 Å². The molecule has 0 aromatic carbocycles. The minimum atomic E-state index is 0.406. The van der Waals surface area contributed by atoms with Crippen molar-refractivity contribution in [3.8, 4) is 11.8 Å². The molecule has 1 heteroatoms. The van der Waals surface area contributed by atoms with Gasteiger partial charge in [-0.1, -0.05) is 12.8 Å². The van der Waals surface area contributed by atoms with Crippen molar-refractivity contribution in [2.45, 2.75) is 45.1 Å². The standard InChI is InChI=1S/C10H17N/c1-2-3-4-5-10(11)8-9-6-7-9/h9-10H,4-8,11H2,1H3. The highest BCUT2D eigenvalue weighted by atomic mass is 14.6. The first-order chi connectivity index (χ1) is 5.33. The summed E-state index contributed by atoms with van der Waals surface area (Å²) in [4.78, 5) is 0. The van der Waals surface area contributed by atoms with Crippen molar-refractivity contribution in [1.29, 1.82) is 0 Å². The molecule has 1 nitrogen and oxygen atoms in total. The number of nitrogens with two attached hydrogens (primary N) is 1. The molecule has 0 spiro atoms. The van der Waals surface area contributed by atoms with Gasteiger partial charge in [-0.15, -0.1) is 11.8 Å². The van der Waals surface area contributed by atoms with Crippen molar-refractivity contribution in [1.82, 2.24) is 0 Å². The molecule has 1 aliphatic rings. The normalized spacial score (nSPS) is 18.7. The minimum absolute atomic E-state index is 0.406. The maximum absolute atomic E-state index is 5.89. The van der Waals surface area contributed by atoms with Crippen molar-refractivity contribution >= 4 is 0 Å². The fourth-order valence-corrected chi connectivity index (χ4v) is 1.28. The van der Waals surface area contributed by atoms with E-state index in [1.54, 1.807) is 0 Å². The van der Waals surface area contributed by atoms with Gasteiger partial charge >= 0.3 is 0 Å². The molecule has 0 heterocycles. The predicted molar refractivity (Wildman–Crippen MR) is 48.0 cm³/mol. The van der Waals surface area contributed by atoms with Gasteiger partial charge in [-0.3, -0.25) is 0 Å². The first-order valence-corrected chi connectivity index (χ1v) is 4.48. The summed E-state index contributed by atoms with van der Waals surface area (Å²) in [7, 11) is 0. The SMILES string of the molecule is CC#CCCC(N)CC1CC1. The van der Waals surface area contributed by atoms with Crippen LogP contribution < -0.4 is 5.73 Å². The summed E-state index contributed by atoms with van der Waals surface area (Å²) < 4.78 is 0. The molecule has 0 radical (unpaired) electrons. The van der Waals surface area contributed by atoms with E-state index in [1.165, 1.54) is 19.3 Å². The van der Waals surface area contributed by atoms with E-state index in [-0.39, 0.29) is 0 Å². The van der Waals surface area contributed by atoms with Gasteiger partial charge in [-0.2, -0.15) is 0 Å². The van der Waals surface area contributed by atoms with Crippen LogP contribution in [-0.2, 0) is 0 Å². The molecule has 1 fully saturated rings. The van der Waals surface area contributed by atoms with Gasteiger partial charge in [-0.25, -0.2) is 0 Å². The topological polar surface area (TPSA) is 26.0 Å². The van der Waals surface area contributed by atoms with E-state index in [0.29, 0.717) is 6.04 Å². The lowest BCUT2D eigenvalue weighted by atomic mass is 10.1. The Labute approximate surface area is 69.4 Å². The second-order valence-electron chi connectivity index (χ2n) is 3.40. The largest absolute Gasteiger partial charge is 0.328 e. The fourth-order valence-electron chi connectivity index (χ4n) is 1.28. The van der Waals surface area contributed by atoms with Crippen molar-refractivity contribution < 1.29 is 0 Å². The fraction of sp³-hybridized carbons (Fsp3) is 0.800. The molecule has 0 bridgehead atoms. The Morgan fingerprint density at radius 1 is 1.55 bits per heavy atom. The molecule has 1 unspecified atom stereocenters. The van der Waals surface area contributed by atoms with E-state index >= 15 is 0 Å². The van der Waals surface area contributed by atoms with Crippen LogP contribution in [0.1, 0.15) is 39.0 Å². The van der Waals surface area contributed by atoms with Crippen LogP contribution in [0.2, 0.25) is 0 Å². The van der Waals surface area contributed by atoms with Gasteiger partial charge in [0.15, 0.2) is 0 Å². The van der Waals surface area contributed by atoms with Gasteiger partial charge in [0.25, 0.3) is 0 Å². The Hall–Kier alpha value is -0.480. The predicted octanol–water partition coefficient (Wildman–Crippen LogP) is 1.92. The summed E-state index contributed by atoms with van der Waals surface area (Å²) in [6.45, 7) is 1.88. The van der Waals surface area contributed by atoms with E-state index in [9.17, 15) is 0 Å². The van der Waals surface area contributed by atoms with Crippen molar-refractivity contribution in [2.24, 2.45) is 11.7 Å². The van der Waals surface area contributed by atoms with Crippen LogP contribution in [0.3, 0.4) is 0 Å². The Bertz CT molecular complexity index is 159. The maximum atomic E-state index is 5.89. The zero-order valence-corrected chi connectivity index (χ0v) is 7.27. The number of rotatable bonds is 4. The Kier molecular flexibility index (Phi) is 3.45. The third-order valence-electron chi connectivity index (χ3n) is 2.15. The molecular weight excluding hydrogens is 134 g/mol. The molecule has 0 aromatic heterocycles. The molecule has 0 aliphatic heterocycles. The first-order valence-electron chi connectivity index (χ1n) is 4.48. The highest BCUT2D eigenvalue weighted by Crippen LogP contribution is 2.33. The van der Waals surface area contributed by atoms with Crippen LogP contribution in [0.5, 0.6) is 0 Å². The summed E-state index contributed by atoms with van der Waals surface area (Å²) in [6.07, 6.45) is 6.10. The summed E-state index contributed by atoms with van der Waals surface area (Å²) in [5, 5.41) is 0. The van der Waals surface area contributed by atoms with Crippen LogP contribution in [0.4, 0.5) is 0 Å². The summed E-state index contributed by atoms with van der Waals surface area (Å²) >= 11 is 0. The van der Waals surface area contributed by atoms with E-state index in [0.717, 1.165) is 18.8 Å². The second-order valence-corrected chi connectivity index (χ2v) is 3.40. The first kappa shape index (κ1) is 8.62. The molecule has 0 aromatic rings. The number of hydrogen-bond donors (Lipinski definition) is 1. The smallest absolute Gasteiger partial charge is 0.0103 e. The molecule has 1 atom stereocenters. The Morgan fingerprint density at radius 2 is 2.27 bits per heavy atom. The third kappa shape index (κ3) is 4.06.